The second-order valence-electron chi connectivity index (χ2n) is 4.83. The first-order valence-corrected chi connectivity index (χ1v) is 7.11. The van der Waals surface area contributed by atoms with Gasteiger partial charge in [-0.15, -0.1) is 11.3 Å². The van der Waals surface area contributed by atoms with E-state index in [-0.39, 0.29) is 5.78 Å². The van der Waals surface area contributed by atoms with Crippen LogP contribution in [0, 0.1) is 13.8 Å². The molecule has 0 saturated heterocycles. The Kier molecular flexibility index (Phi) is 4.45. The van der Waals surface area contributed by atoms with Crippen LogP contribution in [0.1, 0.15) is 26.5 Å². The number of carbonyl (C=O) groups excluding carboxylic acids is 1. The zero-order valence-electron chi connectivity index (χ0n) is 11.5. The number of likely N-dealkylation sites (N-methyl/N-ethyl adjacent to an activating group) is 1. The van der Waals surface area contributed by atoms with Gasteiger partial charge in [0.15, 0.2) is 5.78 Å². The van der Waals surface area contributed by atoms with Crippen LogP contribution >= 0.6 is 11.3 Å². The maximum absolute atomic E-state index is 12.2. The van der Waals surface area contributed by atoms with Crippen LogP contribution in [0.4, 0.5) is 0 Å². The fourth-order valence-corrected chi connectivity index (χ4v) is 2.79. The van der Waals surface area contributed by atoms with Crippen molar-refractivity contribution in [3.8, 4) is 0 Å². The molecule has 1 heterocycles. The van der Waals surface area contributed by atoms with Crippen LogP contribution in [0.25, 0.3) is 0 Å². The molecule has 19 heavy (non-hydrogen) atoms. The minimum atomic E-state index is 0.161. The molecule has 0 fully saturated rings. The molecule has 0 amide bonds. The summed E-state index contributed by atoms with van der Waals surface area (Å²) in [6.07, 6.45) is 0. The van der Waals surface area contributed by atoms with Crippen molar-refractivity contribution >= 4 is 17.1 Å². The van der Waals surface area contributed by atoms with Gasteiger partial charge in [0.1, 0.15) is 0 Å². The monoisotopic (exact) mass is 274 g/mol. The van der Waals surface area contributed by atoms with Gasteiger partial charge in [0, 0.05) is 17.0 Å². The number of thiazole rings is 1. The first kappa shape index (κ1) is 13.9. The van der Waals surface area contributed by atoms with Crippen LogP contribution < -0.4 is 0 Å². The van der Waals surface area contributed by atoms with Crippen LogP contribution in [-0.2, 0) is 6.54 Å². The molecule has 0 aliphatic rings. The summed E-state index contributed by atoms with van der Waals surface area (Å²) in [5, 5.41) is 0. The Morgan fingerprint density at radius 2 is 2.16 bits per heavy atom. The SMILES string of the molecule is Cc1cccc(C(=O)CN(C)Cc2scnc2C)c1. The Labute approximate surface area is 117 Å². The predicted molar refractivity (Wildman–Crippen MR) is 78.7 cm³/mol. The summed E-state index contributed by atoms with van der Waals surface area (Å²) in [5.74, 6) is 0.161. The Morgan fingerprint density at radius 3 is 2.79 bits per heavy atom. The first-order chi connectivity index (χ1) is 9.06. The van der Waals surface area contributed by atoms with E-state index < -0.39 is 0 Å². The lowest BCUT2D eigenvalue weighted by molar-refractivity contribution is 0.0943. The van der Waals surface area contributed by atoms with Crippen molar-refractivity contribution in [2.24, 2.45) is 0 Å². The number of aromatic nitrogens is 1. The van der Waals surface area contributed by atoms with E-state index in [1.54, 1.807) is 11.3 Å². The van der Waals surface area contributed by atoms with Crippen molar-refractivity contribution in [2.45, 2.75) is 20.4 Å². The number of rotatable bonds is 5. The average Bonchev–Trinajstić information content (AvgIpc) is 2.75. The molecule has 0 radical (unpaired) electrons. The number of Topliss-reactive ketones (excluding diaryl/α,β-unsaturated/α-hetero) is 1. The highest BCUT2D eigenvalue weighted by molar-refractivity contribution is 7.09. The van der Waals surface area contributed by atoms with Crippen molar-refractivity contribution in [3.63, 3.8) is 0 Å². The Bertz CT molecular complexity index is 577. The molecule has 3 nitrogen and oxygen atoms in total. The van der Waals surface area contributed by atoms with Gasteiger partial charge < -0.3 is 0 Å². The van der Waals surface area contributed by atoms with Crippen molar-refractivity contribution in [1.29, 1.82) is 0 Å². The summed E-state index contributed by atoms with van der Waals surface area (Å²) >= 11 is 1.64. The molecular formula is C15H18N2OS. The van der Waals surface area contributed by atoms with Gasteiger partial charge in [-0.2, -0.15) is 0 Å². The lowest BCUT2D eigenvalue weighted by atomic mass is 10.1. The fourth-order valence-electron chi connectivity index (χ4n) is 1.93. The van der Waals surface area contributed by atoms with Crippen LogP contribution in [0.3, 0.4) is 0 Å². The van der Waals surface area contributed by atoms with E-state index >= 15 is 0 Å². The minimum Gasteiger partial charge on any atom is -0.294 e. The average molecular weight is 274 g/mol. The number of aryl methyl sites for hydroxylation is 2. The number of hydrogen-bond donors (Lipinski definition) is 0. The lowest BCUT2D eigenvalue weighted by Gasteiger charge is -2.15. The molecule has 0 N–H and O–H groups in total. The summed E-state index contributed by atoms with van der Waals surface area (Å²) in [5.41, 5.74) is 4.81. The largest absolute Gasteiger partial charge is 0.294 e. The van der Waals surface area contributed by atoms with Crippen LogP contribution in [0.2, 0.25) is 0 Å². The Hall–Kier alpha value is -1.52. The van der Waals surface area contributed by atoms with Gasteiger partial charge in [0.25, 0.3) is 0 Å². The number of hydrogen-bond acceptors (Lipinski definition) is 4. The smallest absolute Gasteiger partial charge is 0.176 e. The van der Waals surface area contributed by atoms with Crippen LogP contribution in [0.5, 0.6) is 0 Å². The number of carbonyl (C=O) groups is 1. The van der Waals surface area contributed by atoms with Crippen molar-refractivity contribution in [2.75, 3.05) is 13.6 Å². The minimum absolute atomic E-state index is 0.161. The van der Waals surface area contributed by atoms with E-state index in [1.807, 2.05) is 55.6 Å². The summed E-state index contributed by atoms with van der Waals surface area (Å²) in [4.78, 5) is 19.6. The van der Waals surface area contributed by atoms with Crippen molar-refractivity contribution in [1.82, 2.24) is 9.88 Å². The number of ketones is 1. The topological polar surface area (TPSA) is 33.2 Å². The van der Waals surface area contributed by atoms with E-state index in [0.29, 0.717) is 6.54 Å². The molecule has 4 heteroatoms. The number of nitrogens with zero attached hydrogens (tertiary/aromatic N) is 2. The van der Waals surface area contributed by atoms with Gasteiger partial charge in [0.05, 0.1) is 17.7 Å². The van der Waals surface area contributed by atoms with Crippen LogP contribution in [-0.4, -0.2) is 29.3 Å². The third kappa shape index (κ3) is 3.72. The molecule has 0 aliphatic carbocycles. The molecule has 0 aliphatic heterocycles. The molecule has 0 spiro atoms. The zero-order valence-corrected chi connectivity index (χ0v) is 12.3. The maximum atomic E-state index is 12.2. The first-order valence-electron chi connectivity index (χ1n) is 6.23. The second-order valence-corrected chi connectivity index (χ2v) is 5.77. The molecule has 0 atom stereocenters. The molecule has 100 valence electrons. The van der Waals surface area contributed by atoms with E-state index in [4.69, 9.17) is 0 Å². The van der Waals surface area contributed by atoms with Crippen molar-refractivity contribution in [3.05, 3.63) is 51.5 Å². The molecular weight excluding hydrogens is 256 g/mol. The van der Waals surface area contributed by atoms with E-state index in [9.17, 15) is 4.79 Å². The molecule has 2 rings (SSSR count). The second kappa shape index (κ2) is 6.08. The molecule has 1 aromatic carbocycles. The quantitative estimate of drug-likeness (QED) is 0.786. The van der Waals surface area contributed by atoms with Crippen molar-refractivity contribution < 1.29 is 4.79 Å². The Balaban J connectivity index is 1.97. The van der Waals surface area contributed by atoms with Gasteiger partial charge in [-0.25, -0.2) is 4.98 Å². The lowest BCUT2D eigenvalue weighted by Crippen LogP contribution is -2.25. The number of benzene rings is 1. The van der Waals surface area contributed by atoms with E-state index in [2.05, 4.69) is 4.98 Å². The molecule has 1 aromatic heterocycles. The van der Waals surface area contributed by atoms with Gasteiger partial charge in [-0.3, -0.25) is 9.69 Å². The summed E-state index contributed by atoms with van der Waals surface area (Å²) in [6.45, 7) is 5.21. The maximum Gasteiger partial charge on any atom is 0.176 e. The normalized spacial score (nSPS) is 10.9. The standard InChI is InChI=1S/C15H18N2OS/c1-11-5-4-6-13(7-11)14(18)8-17(3)9-15-12(2)16-10-19-15/h4-7,10H,8-9H2,1-3H3. The highest BCUT2D eigenvalue weighted by atomic mass is 32.1. The summed E-state index contributed by atoms with van der Waals surface area (Å²) in [7, 11) is 1.97. The molecule has 0 saturated carbocycles. The van der Waals surface area contributed by atoms with Gasteiger partial charge in [-0.05, 0) is 27.0 Å². The predicted octanol–water partition coefficient (Wildman–Crippen LogP) is 3.07. The highest BCUT2D eigenvalue weighted by Crippen LogP contribution is 2.14. The van der Waals surface area contributed by atoms with Crippen LogP contribution in [0.15, 0.2) is 29.8 Å². The molecule has 0 unspecified atom stereocenters. The Morgan fingerprint density at radius 1 is 1.37 bits per heavy atom. The van der Waals surface area contributed by atoms with E-state index in [0.717, 1.165) is 23.4 Å². The third-order valence-electron chi connectivity index (χ3n) is 3.01. The fraction of sp³-hybridized carbons (Fsp3) is 0.333. The van der Waals surface area contributed by atoms with Gasteiger partial charge in [-0.1, -0.05) is 23.8 Å². The summed E-state index contributed by atoms with van der Waals surface area (Å²) < 4.78 is 0. The zero-order chi connectivity index (χ0) is 13.8. The third-order valence-corrected chi connectivity index (χ3v) is 3.93. The molecule has 2 aromatic rings. The summed E-state index contributed by atoms with van der Waals surface area (Å²) in [6, 6.07) is 7.74. The highest BCUT2D eigenvalue weighted by Gasteiger charge is 2.11. The van der Waals surface area contributed by atoms with Gasteiger partial charge in [0.2, 0.25) is 0 Å². The molecule has 0 bridgehead atoms. The van der Waals surface area contributed by atoms with Gasteiger partial charge >= 0.3 is 0 Å². The van der Waals surface area contributed by atoms with E-state index in [1.165, 1.54) is 4.88 Å².